The second-order valence-electron chi connectivity index (χ2n) is 8.48. The van der Waals surface area contributed by atoms with Crippen molar-refractivity contribution in [2.45, 2.75) is 65.5 Å². The Labute approximate surface area is 138 Å². The molecule has 0 aromatic carbocycles. The fourth-order valence-electron chi connectivity index (χ4n) is 4.10. The van der Waals surface area contributed by atoms with Crippen LogP contribution in [-0.4, -0.2) is 39.4 Å². The van der Waals surface area contributed by atoms with Gasteiger partial charge in [0.05, 0.1) is 0 Å². The Morgan fingerprint density at radius 3 is 2.26 bits per heavy atom. The molecule has 3 saturated carbocycles. The zero-order chi connectivity index (χ0) is 16.6. The molecule has 5 nitrogen and oxygen atoms in total. The molecule has 3 fully saturated rings. The van der Waals surface area contributed by atoms with Gasteiger partial charge in [-0.1, -0.05) is 6.92 Å². The van der Waals surface area contributed by atoms with Crippen LogP contribution in [0, 0.1) is 27.6 Å². The molecular formula is C18H28N4O. The van der Waals surface area contributed by atoms with Crippen molar-refractivity contribution in [1.29, 1.82) is 10.8 Å². The predicted molar refractivity (Wildman–Crippen MR) is 90.1 cm³/mol. The van der Waals surface area contributed by atoms with Gasteiger partial charge < -0.3 is 10.0 Å². The van der Waals surface area contributed by atoms with E-state index < -0.39 is 6.23 Å². The van der Waals surface area contributed by atoms with Gasteiger partial charge in [0.1, 0.15) is 5.84 Å². The molecule has 0 saturated heterocycles. The summed E-state index contributed by atoms with van der Waals surface area (Å²) < 4.78 is 0. The van der Waals surface area contributed by atoms with E-state index in [1.165, 1.54) is 25.7 Å². The van der Waals surface area contributed by atoms with Crippen LogP contribution in [0.5, 0.6) is 0 Å². The van der Waals surface area contributed by atoms with Gasteiger partial charge in [-0.2, -0.15) is 0 Å². The summed E-state index contributed by atoms with van der Waals surface area (Å²) in [6, 6.07) is 0. The van der Waals surface area contributed by atoms with Crippen LogP contribution in [0.25, 0.3) is 0 Å². The quantitative estimate of drug-likeness (QED) is 0.551. The first-order valence-corrected chi connectivity index (χ1v) is 8.89. The molecule has 1 heterocycles. The fourth-order valence-corrected chi connectivity index (χ4v) is 4.10. The van der Waals surface area contributed by atoms with Gasteiger partial charge in [0.25, 0.3) is 0 Å². The van der Waals surface area contributed by atoms with Crippen LogP contribution < -0.4 is 0 Å². The third-order valence-corrected chi connectivity index (χ3v) is 6.57. The molecule has 4 aliphatic rings. The van der Waals surface area contributed by atoms with Crippen molar-refractivity contribution in [2.24, 2.45) is 16.7 Å². The minimum absolute atomic E-state index is 0.00178. The van der Waals surface area contributed by atoms with E-state index in [2.05, 4.69) is 6.92 Å². The molecule has 0 radical (unpaired) electrons. The molecule has 3 aliphatic carbocycles. The van der Waals surface area contributed by atoms with Crippen molar-refractivity contribution in [3.8, 4) is 0 Å². The predicted octanol–water partition coefficient (Wildman–Crippen LogP) is 3.12. The van der Waals surface area contributed by atoms with E-state index in [4.69, 9.17) is 10.8 Å². The number of nitrogens with one attached hydrogen (secondary N) is 2. The second kappa shape index (κ2) is 4.59. The van der Waals surface area contributed by atoms with E-state index in [0.717, 1.165) is 30.8 Å². The van der Waals surface area contributed by atoms with Gasteiger partial charge in [-0.25, -0.2) is 0 Å². The molecule has 1 aliphatic heterocycles. The van der Waals surface area contributed by atoms with E-state index >= 15 is 0 Å². The Hall–Kier alpha value is -1.36. The maximum absolute atomic E-state index is 10.7. The maximum atomic E-state index is 10.7. The summed E-state index contributed by atoms with van der Waals surface area (Å²) in [6.45, 7) is 7.06. The lowest BCUT2D eigenvalue weighted by Crippen LogP contribution is -2.56. The average molecular weight is 316 g/mol. The van der Waals surface area contributed by atoms with Crippen molar-refractivity contribution >= 4 is 11.7 Å². The summed E-state index contributed by atoms with van der Waals surface area (Å²) in [5, 5.41) is 27.9. The Morgan fingerprint density at radius 1 is 1.17 bits per heavy atom. The van der Waals surface area contributed by atoms with E-state index in [-0.39, 0.29) is 16.7 Å². The van der Waals surface area contributed by atoms with E-state index in [9.17, 15) is 5.11 Å². The van der Waals surface area contributed by atoms with Crippen LogP contribution in [0.1, 0.15) is 59.3 Å². The molecule has 4 rings (SSSR count). The lowest BCUT2D eigenvalue weighted by molar-refractivity contribution is 0.0545. The summed E-state index contributed by atoms with van der Waals surface area (Å²) in [7, 11) is 0. The number of aliphatic hydroxyl groups excluding tert-OH is 1. The van der Waals surface area contributed by atoms with Gasteiger partial charge in [0.15, 0.2) is 12.1 Å². The molecule has 0 amide bonds. The molecule has 5 heteroatoms. The van der Waals surface area contributed by atoms with Crippen LogP contribution in [0.15, 0.2) is 11.4 Å². The highest BCUT2D eigenvalue weighted by Gasteiger charge is 2.59. The molecule has 1 unspecified atom stereocenters. The molecule has 0 aromatic heterocycles. The number of nitrogens with zero attached hydrogens (tertiary/aromatic N) is 2. The van der Waals surface area contributed by atoms with Crippen LogP contribution >= 0.6 is 0 Å². The van der Waals surface area contributed by atoms with E-state index in [1.54, 1.807) is 4.90 Å². The van der Waals surface area contributed by atoms with Crippen molar-refractivity contribution in [3.05, 3.63) is 11.4 Å². The molecular weight excluding hydrogens is 288 g/mol. The van der Waals surface area contributed by atoms with Crippen LogP contribution in [0.3, 0.4) is 0 Å². The van der Waals surface area contributed by atoms with Crippen LogP contribution in [0.2, 0.25) is 0 Å². The van der Waals surface area contributed by atoms with Crippen molar-refractivity contribution in [1.82, 2.24) is 9.80 Å². The SMILES string of the molecule is CC1=C(C)N(CC2(C)CC2)C(O)C(=N)N1C(=N)C1(C2CC2)CC1. The van der Waals surface area contributed by atoms with Gasteiger partial charge in [-0.15, -0.1) is 0 Å². The summed E-state index contributed by atoms with van der Waals surface area (Å²) in [5.74, 6) is 1.35. The molecule has 0 aromatic rings. The largest absolute Gasteiger partial charge is 0.367 e. The zero-order valence-corrected chi connectivity index (χ0v) is 14.4. The lowest BCUT2D eigenvalue weighted by atomic mass is 9.96. The Kier molecular flexibility index (Phi) is 3.03. The van der Waals surface area contributed by atoms with Crippen LogP contribution in [0.4, 0.5) is 0 Å². The third kappa shape index (κ3) is 2.24. The van der Waals surface area contributed by atoms with Crippen molar-refractivity contribution < 1.29 is 5.11 Å². The van der Waals surface area contributed by atoms with Gasteiger partial charge in [0.2, 0.25) is 0 Å². The highest BCUT2D eigenvalue weighted by atomic mass is 16.3. The third-order valence-electron chi connectivity index (χ3n) is 6.57. The Morgan fingerprint density at radius 2 is 1.78 bits per heavy atom. The molecule has 126 valence electrons. The first kappa shape index (κ1) is 15.2. The summed E-state index contributed by atoms with van der Waals surface area (Å²) >= 11 is 0. The first-order valence-electron chi connectivity index (χ1n) is 8.89. The van der Waals surface area contributed by atoms with Crippen molar-refractivity contribution in [2.75, 3.05) is 6.54 Å². The number of rotatable bonds is 4. The fraction of sp³-hybridized carbons (Fsp3) is 0.778. The minimum Gasteiger partial charge on any atom is -0.367 e. The normalized spacial score (nSPS) is 31.5. The number of amidine groups is 2. The smallest absolute Gasteiger partial charge is 0.186 e. The second-order valence-corrected chi connectivity index (χ2v) is 8.48. The summed E-state index contributed by atoms with van der Waals surface area (Å²) in [5.41, 5.74) is 2.24. The van der Waals surface area contributed by atoms with Gasteiger partial charge in [-0.05, 0) is 63.7 Å². The van der Waals surface area contributed by atoms with Gasteiger partial charge in [-0.3, -0.25) is 15.7 Å². The average Bonchev–Trinajstić information content (AvgIpc) is 3.34. The van der Waals surface area contributed by atoms with Gasteiger partial charge >= 0.3 is 0 Å². The number of hydrogen-bond acceptors (Lipinski definition) is 4. The number of hydrogen-bond donors (Lipinski definition) is 3. The molecule has 0 bridgehead atoms. The summed E-state index contributed by atoms with van der Waals surface area (Å²) in [6.07, 6.45) is 6.05. The Bertz CT molecular complexity index is 611. The minimum atomic E-state index is -0.925. The molecule has 23 heavy (non-hydrogen) atoms. The maximum Gasteiger partial charge on any atom is 0.186 e. The monoisotopic (exact) mass is 316 g/mol. The van der Waals surface area contributed by atoms with Gasteiger partial charge in [0, 0.05) is 23.4 Å². The first-order chi connectivity index (χ1) is 10.8. The molecule has 3 N–H and O–H groups in total. The standard InChI is InChI=1S/C18H28N4O/c1-11-12(2)22(16(20)18(8-9-18)13-4-5-13)14(19)15(23)21(11)10-17(3)6-7-17/h13,15,19-20,23H,4-10H2,1-3H3. The molecule has 1 atom stereocenters. The number of aliphatic hydroxyl groups is 1. The highest BCUT2D eigenvalue weighted by molar-refractivity contribution is 6.06. The zero-order valence-electron chi connectivity index (χ0n) is 14.4. The lowest BCUT2D eigenvalue weighted by Gasteiger charge is -2.44. The van der Waals surface area contributed by atoms with Crippen LogP contribution in [-0.2, 0) is 0 Å². The van der Waals surface area contributed by atoms with E-state index in [0.29, 0.717) is 11.8 Å². The summed E-state index contributed by atoms with van der Waals surface area (Å²) in [4.78, 5) is 3.70. The van der Waals surface area contributed by atoms with E-state index in [1.807, 2.05) is 18.7 Å². The molecule has 0 spiro atoms. The Balaban J connectivity index is 1.63. The topological polar surface area (TPSA) is 74.4 Å². The highest BCUT2D eigenvalue weighted by Crippen LogP contribution is 2.62. The number of allylic oxidation sites excluding steroid dienone is 2. The van der Waals surface area contributed by atoms with Crippen molar-refractivity contribution in [3.63, 3.8) is 0 Å².